The molecule has 1 aliphatic rings. The number of piperidine rings is 1. The maximum atomic E-state index is 12.3. The van der Waals surface area contributed by atoms with Crippen molar-refractivity contribution in [3.05, 3.63) is 36.3 Å². The summed E-state index contributed by atoms with van der Waals surface area (Å²) in [5.74, 6) is 0.687. The van der Waals surface area contributed by atoms with Gasteiger partial charge in [-0.15, -0.1) is 0 Å². The molecule has 1 amide bonds. The highest BCUT2D eigenvalue weighted by molar-refractivity contribution is 7.88. The number of nitrogens with one attached hydrogen (secondary N) is 1. The van der Waals surface area contributed by atoms with Crippen LogP contribution in [0.3, 0.4) is 0 Å². The molecule has 1 unspecified atom stereocenters. The van der Waals surface area contributed by atoms with Gasteiger partial charge in [0, 0.05) is 30.3 Å². The molecule has 194 valence electrons. The van der Waals surface area contributed by atoms with Crippen molar-refractivity contribution in [2.75, 3.05) is 37.5 Å². The van der Waals surface area contributed by atoms with E-state index in [0.717, 1.165) is 29.7 Å². The van der Waals surface area contributed by atoms with Crippen LogP contribution in [0, 0.1) is 0 Å². The third kappa shape index (κ3) is 5.39. The summed E-state index contributed by atoms with van der Waals surface area (Å²) in [4.78, 5) is 16.4. The molecule has 0 aliphatic carbocycles. The Morgan fingerprint density at radius 3 is 2.67 bits per heavy atom. The number of ether oxygens (including phenoxy) is 2. The van der Waals surface area contributed by atoms with Crippen LogP contribution in [-0.2, 0) is 14.8 Å². The van der Waals surface area contributed by atoms with Gasteiger partial charge in [0.15, 0.2) is 5.82 Å². The zero-order chi connectivity index (χ0) is 26.3. The number of carbonyl (C=O) groups is 1. The molecule has 3 N–H and O–H groups in total. The highest BCUT2D eigenvalue weighted by Crippen LogP contribution is 2.39. The lowest BCUT2D eigenvalue weighted by Gasteiger charge is -2.30. The Balaban J connectivity index is 1.74. The predicted molar refractivity (Wildman–Crippen MR) is 138 cm³/mol. The van der Waals surface area contributed by atoms with Crippen LogP contribution in [0.25, 0.3) is 16.6 Å². The number of fused-ring (bicyclic) bond motifs is 1. The number of nitrogens with two attached hydrogens (primary N) is 1. The normalized spacial score (nSPS) is 17.2. The second kappa shape index (κ2) is 9.58. The molecule has 0 spiro atoms. The minimum atomic E-state index is -3.30. The van der Waals surface area contributed by atoms with Gasteiger partial charge in [0.25, 0.3) is 0 Å². The third-order valence-electron chi connectivity index (χ3n) is 6.03. The quantitative estimate of drug-likeness (QED) is 0.525. The van der Waals surface area contributed by atoms with Gasteiger partial charge < -0.3 is 15.2 Å². The fourth-order valence-electron chi connectivity index (χ4n) is 4.46. The molecule has 1 saturated heterocycles. The fraction of sp³-hybridized carbons (Fsp3) is 0.458. The van der Waals surface area contributed by atoms with E-state index in [9.17, 15) is 13.2 Å². The van der Waals surface area contributed by atoms with Crippen LogP contribution in [0.2, 0.25) is 0 Å². The van der Waals surface area contributed by atoms with E-state index in [2.05, 4.69) is 15.4 Å². The summed E-state index contributed by atoms with van der Waals surface area (Å²) in [5.41, 5.74) is 9.14. The number of rotatable bonds is 5. The van der Waals surface area contributed by atoms with E-state index < -0.39 is 21.7 Å². The number of hydrogen-bond donors (Lipinski definition) is 2. The Morgan fingerprint density at radius 2 is 2.00 bits per heavy atom. The fourth-order valence-corrected chi connectivity index (χ4v) is 5.38. The van der Waals surface area contributed by atoms with Crippen LogP contribution in [0.15, 0.2) is 30.6 Å². The minimum absolute atomic E-state index is 0.0565. The predicted octanol–water partition coefficient (Wildman–Crippen LogP) is 3.47. The van der Waals surface area contributed by atoms with Gasteiger partial charge in [-0.2, -0.15) is 5.10 Å². The van der Waals surface area contributed by atoms with Crippen LogP contribution in [0.1, 0.15) is 45.2 Å². The number of methoxy groups -OCH3 is 1. The molecule has 0 saturated carbocycles. The molecule has 12 heteroatoms. The number of anilines is 2. The molecule has 2 aromatic heterocycles. The summed E-state index contributed by atoms with van der Waals surface area (Å²) >= 11 is 0. The van der Waals surface area contributed by atoms with Crippen LogP contribution in [0.4, 0.5) is 16.3 Å². The summed E-state index contributed by atoms with van der Waals surface area (Å²) in [5, 5.41) is 7.15. The van der Waals surface area contributed by atoms with Crippen LogP contribution >= 0.6 is 0 Å². The number of nitrogen functional groups attached to an aromatic ring is 1. The second-order valence-corrected chi connectivity index (χ2v) is 11.9. The number of sulfonamides is 1. The lowest BCUT2D eigenvalue weighted by atomic mass is 9.95. The molecule has 4 rings (SSSR count). The standard InChI is InChI=1S/C24H32N6O5S/c1-24(2,3)35-23(31)28-18-9-8-15(11-20(18)34-4)17-12-19(30-21(17)22(25)26-14-27-30)16-7-6-10-29(13-16)36(5,32)33/h8-9,11-12,14,16H,6-7,10,13H2,1-5H3,(H,28,31)(H2,25,26,27). The van der Waals surface area contributed by atoms with E-state index in [1.165, 1.54) is 24.0 Å². The maximum Gasteiger partial charge on any atom is 0.412 e. The third-order valence-corrected chi connectivity index (χ3v) is 7.30. The molecule has 1 aliphatic heterocycles. The topological polar surface area (TPSA) is 141 Å². The molecule has 1 atom stereocenters. The molecule has 3 aromatic rings. The SMILES string of the molecule is COc1cc(-c2cc(C3CCCN(S(C)(=O)=O)C3)n3ncnc(N)c23)ccc1NC(=O)OC(C)(C)C. The average molecular weight is 517 g/mol. The van der Waals surface area contributed by atoms with E-state index in [0.29, 0.717) is 35.9 Å². The van der Waals surface area contributed by atoms with Gasteiger partial charge in [0.1, 0.15) is 23.2 Å². The van der Waals surface area contributed by atoms with Gasteiger partial charge in [-0.1, -0.05) is 6.07 Å². The van der Waals surface area contributed by atoms with E-state index in [4.69, 9.17) is 15.2 Å². The van der Waals surface area contributed by atoms with E-state index >= 15 is 0 Å². The summed E-state index contributed by atoms with van der Waals surface area (Å²) in [6.45, 7) is 6.24. The van der Waals surface area contributed by atoms with Gasteiger partial charge in [-0.3, -0.25) is 5.32 Å². The number of aromatic nitrogens is 3. The summed E-state index contributed by atoms with van der Waals surface area (Å²) in [6.07, 6.45) is 3.61. The molecule has 1 aromatic carbocycles. The first-order valence-electron chi connectivity index (χ1n) is 11.6. The number of hydrogen-bond acceptors (Lipinski definition) is 8. The van der Waals surface area contributed by atoms with Crippen LogP contribution < -0.4 is 15.8 Å². The van der Waals surface area contributed by atoms with Crippen LogP contribution in [0.5, 0.6) is 5.75 Å². The van der Waals surface area contributed by atoms with Gasteiger partial charge in [0.05, 0.1) is 19.1 Å². The first kappa shape index (κ1) is 25.7. The molecule has 11 nitrogen and oxygen atoms in total. The number of nitrogens with zero attached hydrogens (tertiary/aromatic N) is 4. The zero-order valence-corrected chi connectivity index (χ0v) is 21.9. The van der Waals surface area contributed by atoms with Crippen molar-refractivity contribution in [1.82, 2.24) is 18.9 Å². The van der Waals surface area contributed by atoms with Crippen molar-refractivity contribution in [3.63, 3.8) is 0 Å². The second-order valence-electron chi connectivity index (χ2n) is 9.89. The zero-order valence-electron chi connectivity index (χ0n) is 21.1. The largest absolute Gasteiger partial charge is 0.495 e. The molecule has 1 fully saturated rings. The van der Waals surface area contributed by atoms with Gasteiger partial charge in [-0.05, 0) is 57.4 Å². The molecule has 0 bridgehead atoms. The summed E-state index contributed by atoms with van der Waals surface area (Å²) < 4.78 is 38.5. The van der Waals surface area contributed by atoms with Crippen LogP contribution in [-0.4, -0.2) is 65.5 Å². The smallest absolute Gasteiger partial charge is 0.412 e. The number of benzene rings is 1. The number of amides is 1. The van der Waals surface area contributed by atoms with E-state index in [-0.39, 0.29) is 5.92 Å². The minimum Gasteiger partial charge on any atom is -0.495 e. The lowest BCUT2D eigenvalue weighted by molar-refractivity contribution is 0.0635. The van der Waals surface area contributed by atoms with Crippen molar-refractivity contribution in [2.24, 2.45) is 0 Å². The molecular formula is C24H32N6O5S. The Hall–Kier alpha value is -3.38. The lowest BCUT2D eigenvalue weighted by Crippen LogP contribution is -2.38. The molecule has 0 radical (unpaired) electrons. The van der Waals surface area contributed by atoms with Gasteiger partial charge in [-0.25, -0.2) is 27.0 Å². The highest BCUT2D eigenvalue weighted by Gasteiger charge is 2.30. The van der Waals surface area contributed by atoms with Crippen molar-refractivity contribution >= 4 is 33.1 Å². The Kier molecular flexibility index (Phi) is 6.84. The number of carbonyl (C=O) groups excluding carboxylic acids is 1. The highest BCUT2D eigenvalue weighted by atomic mass is 32.2. The maximum absolute atomic E-state index is 12.3. The Labute approximate surface area is 210 Å². The van der Waals surface area contributed by atoms with Crippen molar-refractivity contribution in [1.29, 1.82) is 0 Å². The molecule has 3 heterocycles. The summed E-state index contributed by atoms with van der Waals surface area (Å²) in [6, 6.07) is 7.34. The van der Waals surface area contributed by atoms with Crippen molar-refractivity contribution in [2.45, 2.75) is 45.1 Å². The average Bonchev–Trinajstić information content (AvgIpc) is 3.19. The van der Waals surface area contributed by atoms with Crippen molar-refractivity contribution in [3.8, 4) is 16.9 Å². The first-order chi connectivity index (χ1) is 16.9. The first-order valence-corrected chi connectivity index (χ1v) is 13.5. The van der Waals surface area contributed by atoms with Crippen molar-refractivity contribution < 1.29 is 22.7 Å². The summed E-state index contributed by atoms with van der Waals surface area (Å²) in [7, 11) is -1.79. The van der Waals surface area contributed by atoms with Gasteiger partial charge >= 0.3 is 6.09 Å². The van der Waals surface area contributed by atoms with E-state index in [1.807, 2.05) is 12.1 Å². The Bertz CT molecular complexity index is 1400. The monoisotopic (exact) mass is 516 g/mol. The van der Waals surface area contributed by atoms with E-state index in [1.54, 1.807) is 37.4 Å². The van der Waals surface area contributed by atoms with Gasteiger partial charge in [0.2, 0.25) is 10.0 Å². The molecular weight excluding hydrogens is 484 g/mol. The Morgan fingerprint density at radius 1 is 1.25 bits per heavy atom. The molecule has 36 heavy (non-hydrogen) atoms.